The van der Waals surface area contributed by atoms with Crippen molar-refractivity contribution in [2.75, 3.05) is 7.11 Å². The number of methoxy groups -OCH3 is 1. The molecule has 0 bridgehead atoms. The number of nitrogens with one attached hydrogen (secondary N) is 1. The highest BCUT2D eigenvalue weighted by molar-refractivity contribution is 9.10. The van der Waals surface area contributed by atoms with Crippen LogP contribution in [-0.4, -0.2) is 13.2 Å². The van der Waals surface area contributed by atoms with E-state index in [1.54, 1.807) is 7.11 Å². The predicted molar refractivity (Wildman–Crippen MR) is 115 cm³/mol. The SMILES string of the molecule is COc1ccc(Br)c(CNC2CCCCCC2)c1OCc1cccc(Cl)c1. The van der Waals surface area contributed by atoms with Crippen molar-refractivity contribution in [1.82, 2.24) is 5.32 Å². The van der Waals surface area contributed by atoms with E-state index in [-0.39, 0.29) is 0 Å². The molecule has 27 heavy (non-hydrogen) atoms. The van der Waals surface area contributed by atoms with Gasteiger partial charge in [0.15, 0.2) is 11.5 Å². The maximum Gasteiger partial charge on any atom is 0.167 e. The summed E-state index contributed by atoms with van der Waals surface area (Å²) in [4.78, 5) is 0. The van der Waals surface area contributed by atoms with Crippen molar-refractivity contribution >= 4 is 27.5 Å². The monoisotopic (exact) mass is 451 g/mol. The molecular weight excluding hydrogens is 426 g/mol. The zero-order valence-electron chi connectivity index (χ0n) is 15.8. The second kappa shape index (κ2) is 10.4. The number of hydrogen-bond acceptors (Lipinski definition) is 3. The van der Waals surface area contributed by atoms with E-state index in [9.17, 15) is 0 Å². The Balaban J connectivity index is 1.75. The zero-order valence-corrected chi connectivity index (χ0v) is 18.1. The van der Waals surface area contributed by atoms with Crippen LogP contribution in [0.5, 0.6) is 11.5 Å². The van der Waals surface area contributed by atoms with Crippen LogP contribution in [0.15, 0.2) is 40.9 Å². The lowest BCUT2D eigenvalue weighted by atomic mass is 10.1. The number of rotatable bonds is 7. The van der Waals surface area contributed by atoms with Gasteiger partial charge in [-0.3, -0.25) is 0 Å². The minimum atomic E-state index is 0.448. The van der Waals surface area contributed by atoms with Gasteiger partial charge in [-0.25, -0.2) is 0 Å². The summed E-state index contributed by atoms with van der Waals surface area (Å²) in [5.41, 5.74) is 2.13. The van der Waals surface area contributed by atoms with Gasteiger partial charge in [0.05, 0.1) is 7.11 Å². The third-order valence-electron chi connectivity index (χ3n) is 5.08. The summed E-state index contributed by atoms with van der Waals surface area (Å²) in [5, 5.41) is 4.45. The largest absolute Gasteiger partial charge is 0.493 e. The summed E-state index contributed by atoms with van der Waals surface area (Å²) >= 11 is 9.79. The number of benzene rings is 2. The first-order valence-electron chi connectivity index (χ1n) is 9.63. The molecule has 3 nitrogen and oxygen atoms in total. The zero-order chi connectivity index (χ0) is 19.1. The van der Waals surface area contributed by atoms with Crippen molar-refractivity contribution in [1.29, 1.82) is 0 Å². The molecule has 0 spiro atoms. The van der Waals surface area contributed by atoms with E-state index in [0.717, 1.165) is 33.6 Å². The molecule has 146 valence electrons. The van der Waals surface area contributed by atoms with Crippen molar-refractivity contribution in [2.24, 2.45) is 0 Å². The van der Waals surface area contributed by atoms with Crippen LogP contribution < -0.4 is 14.8 Å². The van der Waals surface area contributed by atoms with E-state index in [2.05, 4.69) is 21.2 Å². The van der Waals surface area contributed by atoms with E-state index in [1.165, 1.54) is 38.5 Å². The lowest BCUT2D eigenvalue weighted by molar-refractivity contribution is 0.279. The van der Waals surface area contributed by atoms with E-state index >= 15 is 0 Å². The van der Waals surface area contributed by atoms with Gasteiger partial charge in [0.25, 0.3) is 0 Å². The summed E-state index contributed by atoms with van der Waals surface area (Å²) in [5.74, 6) is 1.53. The second-order valence-corrected chi connectivity index (χ2v) is 8.34. The molecule has 0 aromatic heterocycles. The first kappa shape index (κ1) is 20.5. The Morgan fingerprint density at radius 3 is 2.59 bits per heavy atom. The van der Waals surface area contributed by atoms with Crippen molar-refractivity contribution in [3.63, 3.8) is 0 Å². The Bertz CT molecular complexity index is 745. The lowest BCUT2D eigenvalue weighted by Gasteiger charge is -2.20. The fourth-order valence-corrected chi connectivity index (χ4v) is 4.24. The van der Waals surface area contributed by atoms with E-state index in [1.807, 2.05) is 36.4 Å². The van der Waals surface area contributed by atoms with E-state index < -0.39 is 0 Å². The molecule has 1 saturated carbocycles. The number of hydrogen-bond donors (Lipinski definition) is 1. The van der Waals surface area contributed by atoms with Crippen LogP contribution in [0, 0.1) is 0 Å². The molecule has 2 aromatic carbocycles. The summed E-state index contributed by atoms with van der Waals surface area (Å²) in [6.07, 6.45) is 7.84. The topological polar surface area (TPSA) is 30.5 Å². The van der Waals surface area contributed by atoms with Crippen LogP contribution >= 0.6 is 27.5 Å². The molecule has 5 heteroatoms. The molecule has 3 rings (SSSR count). The molecule has 1 aliphatic rings. The van der Waals surface area contributed by atoms with Gasteiger partial charge < -0.3 is 14.8 Å². The highest BCUT2D eigenvalue weighted by atomic mass is 79.9. The number of halogens is 2. The molecule has 1 aliphatic carbocycles. The first-order valence-corrected chi connectivity index (χ1v) is 10.8. The average Bonchev–Trinajstić information content (AvgIpc) is 2.94. The molecule has 0 amide bonds. The van der Waals surface area contributed by atoms with Gasteiger partial charge in [0.2, 0.25) is 0 Å². The van der Waals surface area contributed by atoms with Crippen molar-refractivity contribution in [3.8, 4) is 11.5 Å². The third-order valence-corrected chi connectivity index (χ3v) is 6.06. The fourth-order valence-electron chi connectivity index (χ4n) is 3.58. The van der Waals surface area contributed by atoms with Gasteiger partial charge in [-0.15, -0.1) is 0 Å². The summed E-state index contributed by atoms with van der Waals surface area (Å²) in [6.45, 7) is 1.21. The molecule has 0 saturated heterocycles. The van der Waals surface area contributed by atoms with Gasteiger partial charge in [0.1, 0.15) is 6.61 Å². The van der Waals surface area contributed by atoms with Crippen molar-refractivity contribution in [3.05, 3.63) is 57.0 Å². The molecule has 0 atom stereocenters. The Hall–Kier alpha value is -1.23. The Labute approximate surface area is 175 Å². The highest BCUT2D eigenvalue weighted by Gasteiger charge is 2.17. The van der Waals surface area contributed by atoms with E-state index in [0.29, 0.717) is 17.7 Å². The van der Waals surface area contributed by atoms with Crippen LogP contribution in [0.3, 0.4) is 0 Å². The van der Waals surface area contributed by atoms with Crippen LogP contribution in [0.4, 0.5) is 0 Å². The normalized spacial score (nSPS) is 15.4. The Morgan fingerprint density at radius 1 is 1.11 bits per heavy atom. The molecule has 0 radical (unpaired) electrons. The molecule has 2 aromatic rings. The highest BCUT2D eigenvalue weighted by Crippen LogP contribution is 2.37. The van der Waals surface area contributed by atoms with Crippen LogP contribution in [-0.2, 0) is 13.2 Å². The quantitative estimate of drug-likeness (QED) is 0.486. The standard InChI is InChI=1S/C22H27BrClNO2/c1-26-21-12-11-20(23)19(14-25-18-9-4-2-3-5-10-18)22(21)27-15-16-7-6-8-17(24)13-16/h6-8,11-13,18,25H,2-5,9-10,14-15H2,1H3. The molecule has 0 aliphatic heterocycles. The first-order chi connectivity index (χ1) is 13.2. The van der Waals surface area contributed by atoms with Crippen molar-refractivity contribution < 1.29 is 9.47 Å². The summed E-state index contributed by atoms with van der Waals surface area (Å²) in [7, 11) is 1.68. The van der Waals surface area contributed by atoms with E-state index in [4.69, 9.17) is 21.1 Å². The molecule has 1 N–H and O–H groups in total. The molecule has 0 heterocycles. The smallest absolute Gasteiger partial charge is 0.167 e. The number of ether oxygens (including phenoxy) is 2. The third kappa shape index (κ3) is 5.87. The van der Waals surface area contributed by atoms with Crippen molar-refractivity contribution in [2.45, 2.75) is 57.7 Å². The van der Waals surface area contributed by atoms with Gasteiger partial charge in [0, 0.05) is 27.6 Å². The maximum absolute atomic E-state index is 6.19. The second-order valence-electron chi connectivity index (χ2n) is 7.05. The Kier molecular flexibility index (Phi) is 7.86. The van der Waals surface area contributed by atoms with Gasteiger partial charge in [-0.2, -0.15) is 0 Å². The van der Waals surface area contributed by atoms with Crippen LogP contribution in [0.2, 0.25) is 5.02 Å². The summed E-state index contributed by atoms with van der Waals surface area (Å²) in [6, 6.07) is 12.3. The van der Waals surface area contributed by atoms with Crippen LogP contribution in [0.1, 0.15) is 49.7 Å². The average molecular weight is 453 g/mol. The lowest BCUT2D eigenvalue weighted by Crippen LogP contribution is -2.28. The fraction of sp³-hybridized carbons (Fsp3) is 0.455. The maximum atomic E-state index is 6.19. The summed E-state index contributed by atoms with van der Waals surface area (Å²) < 4.78 is 12.8. The predicted octanol–water partition coefficient (Wildman–Crippen LogP) is 6.50. The van der Waals surface area contributed by atoms with Gasteiger partial charge >= 0.3 is 0 Å². The van der Waals surface area contributed by atoms with Gasteiger partial charge in [-0.1, -0.05) is 65.3 Å². The molecule has 1 fully saturated rings. The molecule has 0 unspecified atom stereocenters. The Morgan fingerprint density at radius 2 is 1.89 bits per heavy atom. The minimum absolute atomic E-state index is 0.448. The molecular formula is C22H27BrClNO2. The van der Waals surface area contributed by atoms with Gasteiger partial charge in [-0.05, 0) is 42.7 Å². The van der Waals surface area contributed by atoms with Crippen LogP contribution in [0.25, 0.3) is 0 Å². The minimum Gasteiger partial charge on any atom is -0.493 e.